The lowest BCUT2D eigenvalue weighted by molar-refractivity contribution is -0.178. The topological polar surface area (TPSA) is 147 Å². The minimum Gasteiger partial charge on any atom is -0.460 e. The van der Waals surface area contributed by atoms with Gasteiger partial charge in [-0.2, -0.15) is 0 Å². The number of nitrogens with one attached hydrogen (secondary N) is 2. The van der Waals surface area contributed by atoms with Crippen LogP contribution in [0.25, 0.3) is 0 Å². The van der Waals surface area contributed by atoms with Crippen LogP contribution in [-0.4, -0.2) is 56.5 Å². The van der Waals surface area contributed by atoms with Crippen LogP contribution in [0, 0.1) is 11.8 Å². The Labute approximate surface area is 260 Å². The standard InChI is InChI=1S/C35H46N4O5/c1-24(2)44-34(42)35(43,31(36)20-27-16-10-5-11-17-27)32(40)30(21-29-22-37-23-38-29)39-33(41)28(18-25-12-6-3-7-13-25)19-26-14-8-4-9-15-26/h3-4,6-9,12-15,22-24,27-28,30-31,43H,5,10-11,16-21,36H2,1-2H3,(H,37,38)(H,39,41)/t30-,31-,35?/m0/s1. The molecular weight excluding hydrogens is 556 g/mol. The van der Waals surface area contributed by atoms with Crippen molar-refractivity contribution >= 4 is 17.7 Å². The molecule has 1 aromatic heterocycles. The maximum atomic E-state index is 14.4. The number of carbonyl (C=O) groups excluding carboxylic acids is 3. The van der Waals surface area contributed by atoms with Gasteiger partial charge in [-0.25, -0.2) is 9.78 Å². The number of esters is 1. The average Bonchev–Trinajstić information content (AvgIpc) is 3.54. The Bertz CT molecular complexity index is 1280. The Balaban J connectivity index is 1.65. The van der Waals surface area contributed by atoms with Crippen LogP contribution < -0.4 is 11.1 Å². The second kappa shape index (κ2) is 15.8. The summed E-state index contributed by atoms with van der Waals surface area (Å²) in [6.45, 7) is 3.30. The number of imidazole rings is 1. The van der Waals surface area contributed by atoms with Gasteiger partial charge >= 0.3 is 5.97 Å². The highest BCUT2D eigenvalue weighted by molar-refractivity contribution is 6.11. The van der Waals surface area contributed by atoms with Crippen LogP contribution in [-0.2, 0) is 38.4 Å². The van der Waals surface area contributed by atoms with Gasteiger partial charge in [0.05, 0.1) is 30.2 Å². The molecule has 0 saturated heterocycles. The second-order valence-corrected chi connectivity index (χ2v) is 12.3. The molecule has 0 aliphatic heterocycles. The van der Waals surface area contributed by atoms with Gasteiger partial charge in [-0.1, -0.05) is 92.8 Å². The molecule has 236 valence electrons. The van der Waals surface area contributed by atoms with Crippen LogP contribution in [0.3, 0.4) is 0 Å². The molecule has 1 unspecified atom stereocenters. The zero-order valence-electron chi connectivity index (χ0n) is 25.8. The van der Waals surface area contributed by atoms with E-state index in [1.807, 2.05) is 60.7 Å². The average molecular weight is 603 g/mol. The summed E-state index contributed by atoms with van der Waals surface area (Å²) in [5.74, 6) is -2.69. The molecule has 0 radical (unpaired) electrons. The number of Topliss-reactive ketones (excluding diaryl/α,β-unsaturated/α-hetero) is 1. The number of rotatable bonds is 15. The molecule has 1 saturated carbocycles. The molecule has 3 aromatic rings. The third kappa shape index (κ3) is 8.86. The molecule has 2 aromatic carbocycles. The van der Waals surface area contributed by atoms with E-state index in [9.17, 15) is 19.5 Å². The van der Waals surface area contributed by atoms with Crippen LogP contribution in [0.5, 0.6) is 0 Å². The summed E-state index contributed by atoms with van der Waals surface area (Å²) in [5, 5.41) is 14.9. The molecule has 1 fully saturated rings. The molecule has 1 heterocycles. The molecule has 0 bridgehead atoms. The first kappa shape index (κ1) is 33.1. The quantitative estimate of drug-likeness (QED) is 0.151. The number of ketones is 1. The van der Waals surface area contributed by atoms with Crippen LogP contribution in [0.1, 0.15) is 69.2 Å². The first-order valence-electron chi connectivity index (χ1n) is 15.8. The third-order valence-corrected chi connectivity index (χ3v) is 8.50. The molecule has 1 amide bonds. The molecule has 5 N–H and O–H groups in total. The minimum atomic E-state index is -2.65. The van der Waals surface area contributed by atoms with Gasteiger partial charge in [0.2, 0.25) is 11.5 Å². The van der Waals surface area contributed by atoms with E-state index >= 15 is 0 Å². The Kier molecular flexibility index (Phi) is 11.9. The van der Waals surface area contributed by atoms with Crippen molar-refractivity contribution in [3.05, 3.63) is 90.0 Å². The van der Waals surface area contributed by atoms with Gasteiger partial charge in [0, 0.05) is 18.5 Å². The van der Waals surface area contributed by atoms with Gasteiger partial charge in [0.1, 0.15) is 0 Å². The van der Waals surface area contributed by atoms with Crippen molar-refractivity contribution < 1.29 is 24.2 Å². The van der Waals surface area contributed by atoms with Gasteiger partial charge in [-0.15, -0.1) is 0 Å². The number of aliphatic hydroxyl groups is 1. The minimum absolute atomic E-state index is 0.0368. The second-order valence-electron chi connectivity index (χ2n) is 12.3. The predicted octanol–water partition coefficient (Wildman–Crippen LogP) is 4.09. The molecular formula is C35H46N4O5. The maximum Gasteiger partial charge on any atom is 0.348 e. The van der Waals surface area contributed by atoms with E-state index in [0.29, 0.717) is 25.0 Å². The summed E-state index contributed by atoms with van der Waals surface area (Å²) in [7, 11) is 0. The highest BCUT2D eigenvalue weighted by Crippen LogP contribution is 2.31. The smallest absolute Gasteiger partial charge is 0.348 e. The molecule has 9 nitrogen and oxygen atoms in total. The Morgan fingerprint density at radius 1 is 0.977 bits per heavy atom. The largest absolute Gasteiger partial charge is 0.460 e. The van der Waals surface area contributed by atoms with Crippen LogP contribution in [0.15, 0.2) is 73.2 Å². The van der Waals surface area contributed by atoms with E-state index in [-0.39, 0.29) is 18.2 Å². The Hall–Kier alpha value is -3.82. The van der Waals surface area contributed by atoms with Crippen molar-refractivity contribution in [3.63, 3.8) is 0 Å². The molecule has 1 aliphatic carbocycles. The maximum absolute atomic E-state index is 14.4. The van der Waals surface area contributed by atoms with Crippen LogP contribution >= 0.6 is 0 Å². The van der Waals surface area contributed by atoms with Crippen molar-refractivity contribution in [3.8, 4) is 0 Å². The summed E-state index contributed by atoms with van der Waals surface area (Å²) in [6, 6.07) is 16.9. The monoisotopic (exact) mass is 602 g/mol. The van der Waals surface area contributed by atoms with Gasteiger partial charge in [-0.3, -0.25) is 9.59 Å². The number of benzene rings is 2. The van der Waals surface area contributed by atoms with Gasteiger partial charge in [0.15, 0.2) is 5.78 Å². The van der Waals surface area contributed by atoms with Crippen molar-refractivity contribution in [2.45, 2.75) is 95.4 Å². The lowest BCUT2D eigenvalue weighted by Crippen LogP contribution is -2.66. The molecule has 4 rings (SSSR count). The summed E-state index contributed by atoms with van der Waals surface area (Å²) in [4.78, 5) is 49.0. The van der Waals surface area contributed by atoms with E-state index in [0.717, 1.165) is 43.2 Å². The number of hydrogen-bond acceptors (Lipinski definition) is 7. The third-order valence-electron chi connectivity index (χ3n) is 8.50. The van der Waals surface area contributed by atoms with E-state index in [2.05, 4.69) is 15.3 Å². The first-order valence-corrected chi connectivity index (χ1v) is 15.8. The number of aromatic amines is 1. The molecule has 44 heavy (non-hydrogen) atoms. The van der Waals surface area contributed by atoms with Crippen molar-refractivity contribution in [2.75, 3.05) is 0 Å². The van der Waals surface area contributed by atoms with Gasteiger partial charge < -0.3 is 25.9 Å². The Morgan fingerprint density at radius 2 is 1.57 bits per heavy atom. The predicted molar refractivity (Wildman–Crippen MR) is 168 cm³/mol. The summed E-state index contributed by atoms with van der Waals surface area (Å²) < 4.78 is 5.42. The fraction of sp³-hybridized carbons (Fsp3) is 0.486. The SMILES string of the molecule is CC(C)OC(=O)C(O)(C(=O)[C@H](Cc1c[nH]cn1)NC(=O)C(Cc1ccccc1)Cc1ccccc1)[C@@H](N)CC1CCCCC1. The Morgan fingerprint density at radius 3 is 2.09 bits per heavy atom. The highest BCUT2D eigenvalue weighted by Gasteiger charge is 2.54. The van der Waals surface area contributed by atoms with Crippen molar-refractivity contribution in [1.29, 1.82) is 0 Å². The number of amides is 1. The van der Waals surface area contributed by atoms with E-state index in [1.165, 1.54) is 6.33 Å². The highest BCUT2D eigenvalue weighted by atomic mass is 16.6. The summed E-state index contributed by atoms with van der Waals surface area (Å²) in [6.07, 6.45) is 8.71. The van der Waals surface area contributed by atoms with Gasteiger partial charge in [0.25, 0.3) is 0 Å². The van der Waals surface area contributed by atoms with E-state index in [1.54, 1.807) is 20.0 Å². The number of nitrogens with zero attached hydrogens (tertiary/aromatic N) is 1. The number of aromatic nitrogens is 2. The van der Waals surface area contributed by atoms with Crippen molar-refractivity contribution in [1.82, 2.24) is 15.3 Å². The van der Waals surface area contributed by atoms with Gasteiger partial charge in [-0.05, 0) is 50.2 Å². The van der Waals surface area contributed by atoms with Crippen LogP contribution in [0.4, 0.5) is 0 Å². The lowest BCUT2D eigenvalue weighted by Gasteiger charge is -2.36. The number of carbonyl (C=O) groups is 3. The molecule has 9 heteroatoms. The molecule has 3 atom stereocenters. The molecule has 0 spiro atoms. The number of hydrogen-bond donors (Lipinski definition) is 4. The van der Waals surface area contributed by atoms with E-state index in [4.69, 9.17) is 10.5 Å². The normalized spacial score (nSPS) is 16.7. The fourth-order valence-corrected chi connectivity index (χ4v) is 6.12. The fourth-order valence-electron chi connectivity index (χ4n) is 6.12. The summed E-state index contributed by atoms with van der Waals surface area (Å²) >= 11 is 0. The lowest BCUT2D eigenvalue weighted by atomic mass is 9.77. The zero-order valence-corrected chi connectivity index (χ0v) is 25.8. The first-order chi connectivity index (χ1) is 21.2. The van der Waals surface area contributed by atoms with E-state index < -0.39 is 41.5 Å². The molecule has 1 aliphatic rings. The zero-order chi connectivity index (χ0) is 31.5. The number of H-pyrrole nitrogens is 1. The number of nitrogens with two attached hydrogens (primary N) is 1. The van der Waals surface area contributed by atoms with Crippen molar-refractivity contribution in [2.24, 2.45) is 17.6 Å². The summed E-state index contributed by atoms with van der Waals surface area (Å²) in [5.41, 5.74) is 6.36. The number of ether oxygens (including phenoxy) is 1. The van der Waals surface area contributed by atoms with Crippen LogP contribution in [0.2, 0.25) is 0 Å².